The number of rotatable bonds is 6. The van der Waals surface area contributed by atoms with Crippen LogP contribution in [0, 0.1) is 10.1 Å². The second kappa shape index (κ2) is 7.13. The number of hydrogen-bond acceptors (Lipinski definition) is 6. The van der Waals surface area contributed by atoms with Crippen LogP contribution >= 0.6 is 0 Å². The molecule has 8 nitrogen and oxygen atoms in total. The van der Waals surface area contributed by atoms with Gasteiger partial charge in [0.1, 0.15) is 11.5 Å². The molecule has 1 unspecified atom stereocenters. The molecule has 1 rings (SSSR count). The van der Waals surface area contributed by atoms with Gasteiger partial charge in [-0.05, 0) is 26.0 Å². The maximum Gasteiger partial charge on any atom is 0.413 e. The number of carbonyl (C=O) groups is 3. The summed E-state index contributed by atoms with van der Waals surface area (Å²) in [6.45, 7) is 2.55. The highest BCUT2D eigenvalue weighted by Gasteiger charge is 2.20. The number of Topliss-reactive ketones (excluding diaryl/α,β-unsaturated/α-hetero) is 2. The summed E-state index contributed by atoms with van der Waals surface area (Å²) in [6, 6.07) is 3.92. The van der Waals surface area contributed by atoms with Crippen LogP contribution in [0.1, 0.15) is 20.3 Å². The van der Waals surface area contributed by atoms with Crippen molar-refractivity contribution >= 4 is 23.3 Å². The van der Waals surface area contributed by atoms with Gasteiger partial charge in [0.25, 0.3) is 5.69 Å². The zero-order chi connectivity index (χ0) is 16.0. The second-order valence-corrected chi connectivity index (χ2v) is 4.35. The van der Waals surface area contributed by atoms with Gasteiger partial charge in [0.15, 0.2) is 5.78 Å². The van der Waals surface area contributed by atoms with Crippen molar-refractivity contribution in [1.82, 2.24) is 5.32 Å². The van der Waals surface area contributed by atoms with Crippen molar-refractivity contribution < 1.29 is 24.0 Å². The number of nitro benzene ring substituents is 1. The molecular formula is C13H14N2O6. The molecule has 1 aromatic rings. The summed E-state index contributed by atoms with van der Waals surface area (Å²) in [5, 5.41) is 12.7. The molecule has 0 aromatic heterocycles. The van der Waals surface area contributed by atoms with Crippen LogP contribution in [0.5, 0.6) is 5.75 Å². The Kier molecular flexibility index (Phi) is 5.53. The monoisotopic (exact) mass is 294 g/mol. The first-order valence-corrected chi connectivity index (χ1v) is 6.02. The Morgan fingerprint density at radius 3 is 2.24 bits per heavy atom. The average molecular weight is 294 g/mol. The first-order valence-electron chi connectivity index (χ1n) is 6.02. The largest absolute Gasteiger partial charge is 0.413 e. The molecule has 21 heavy (non-hydrogen) atoms. The normalized spacial score (nSPS) is 11.3. The average Bonchev–Trinajstić information content (AvgIpc) is 2.37. The Labute approximate surface area is 120 Å². The fraction of sp³-hybridized carbons (Fsp3) is 0.308. The van der Waals surface area contributed by atoms with E-state index in [1.807, 2.05) is 0 Å². The van der Waals surface area contributed by atoms with E-state index in [1.54, 1.807) is 0 Å². The van der Waals surface area contributed by atoms with Crippen molar-refractivity contribution in [3.05, 3.63) is 34.4 Å². The van der Waals surface area contributed by atoms with Crippen molar-refractivity contribution in [3.8, 4) is 5.75 Å². The number of nitrogens with one attached hydrogen (secondary N) is 1. The van der Waals surface area contributed by atoms with E-state index in [-0.39, 0.29) is 29.4 Å². The highest BCUT2D eigenvalue weighted by atomic mass is 16.6. The third-order valence-corrected chi connectivity index (χ3v) is 2.53. The molecule has 0 radical (unpaired) electrons. The Morgan fingerprint density at radius 2 is 1.81 bits per heavy atom. The Morgan fingerprint density at radius 1 is 1.24 bits per heavy atom. The number of ketones is 2. The molecule has 0 aliphatic heterocycles. The summed E-state index contributed by atoms with van der Waals surface area (Å²) in [4.78, 5) is 43.8. The van der Waals surface area contributed by atoms with Gasteiger partial charge in [0.2, 0.25) is 0 Å². The van der Waals surface area contributed by atoms with Gasteiger partial charge in [-0.25, -0.2) is 4.79 Å². The summed E-state index contributed by atoms with van der Waals surface area (Å²) in [5.41, 5.74) is -0.138. The maximum atomic E-state index is 11.6. The smallest absolute Gasteiger partial charge is 0.410 e. The van der Waals surface area contributed by atoms with E-state index in [2.05, 4.69) is 5.32 Å². The van der Waals surface area contributed by atoms with Gasteiger partial charge in [-0.2, -0.15) is 0 Å². The van der Waals surface area contributed by atoms with Gasteiger partial charge >= 0.3 is 6.09 Å². The van der Waals surface area contributed by atoms with Crippen molar-refractivity contribution in [2.45, 2.75) is 26.3 Å². The van der Waals surface area contributed by atoms with Gasteiger partial charge in [-0.3, -0.25) is 19.7 Å². The number of non-ortho nitro benzene ring substituents is 1. The number of amides is 1. The maximum absolute atomic E-state index is 11.6. The predicted molar refractivity (Wildman–Crippen MR) is 72.0 cm³/mol. The molecule has 0 aliphatic carbocycles. The highest BCUT2D eigenvalue weighted by molar-refractivity contribution is 5.90. The standard InChI is InChI=1S/C13H14N2O6/c1-8(16)7-12(9(2)17)14-13(18)21-11-5-3-10(4-6-11)15(19)20/h3-6,12H,7H2,1-2H3,(H,14,18). The lowest BCUT2D eigenvalue weighted by molar-refractivity contribution is -0.384. The van der Waals surface area contributed by atoms with Gasteiger partial charge in [-0.1, -0.05) is 0 Å². The minimum absolute atomic E-state index is 0.0863. The van der Waals surface area contributed by atoms with Crippen LogP contribution < -0.4 is 10.1 Å². The molecular weight excluding hydrogens is 280 g/mol. The quantitative estimate of drug-likeness (QED) is 0.629. The minimum atomic E-state index is -0.951. The molecule has 1 aromatic carbocycles. The first kappa shape index (κ1) is 16.3. The first-order chi connectivity index (χ1) is 9.79. The van der Waals surface area contributed by atoms with Crippen molar-refractivity contribution in [2.75, 3.05) is 0 Å². The number of carbonyl (C=O) groups excluding carboxylic acids is 3. The molecule has 0 saturated carbocycles. The van der Waals surface area contributed by atoms with Crippen molar-refractivity contribution in [1.29, 1.82) is 0 Å². The second-order valence-electron chi connectivity index (χ2n) is 4.35. The molecule has 0 aliphatic rings. The molecule has 0 saturated heterocycles. The van der Waals surface area contributed by atoms with E-state index in [1.165, 1.54) is 38.1 Å². The van der Waals surface area contributed by atoms with E-state index >= 15 is 0 Å². The van der Waals surface area contributed by atoms with E-state index in [4.69, 9.17) is 4.74 Å². The van der Waals surface area contributed by atoms with Crippen molar-refractivity contribution in [3.63, 3.8) is 0 Å². The summed E-state index contributed by atoms with van der Waals surface area (Å²) in [7, 11) is 0. The van der Waals surface area contributed by atoms with Crippen LogP contribution in [0.25, 0.3) is 0 Å². The van der Waals surface area contributed by atoms with Crippen LogP contribution in [0.4, 0.5) is 10.5 Å². The molecule has 0 spiro atoms. The Hall–Kier alpha value is -2.77. The Bertz CT molecular complexity index is 567. The lowest BCUT2D eigenvalue weighted by Gasteiger charge is -2.14. The molecule has 1 N–H and O–H groups in total. The van der Waals surface area contributed by atoms with E-state index in [0.717, 1.165) is 0 Å². The lowest BCUT2D eigenvalue weighted by atomic mass is 10.1. The van der Waals surface area contributed by atoms with Crippen LogP contribution in [-0.4, -0.2) is 28.6 Å². The van der Waals surface area contributed by atoms with Crippen LogP contribution in [0.2, 0.25) is 0 Å². The fourth-order valence-corrected chi connectivity index (χ4v) is 1.50. The number of nitrogens with zero attached hydrogens (tertiary/aromatic N) is 1. The van der Waals surface area contributed by atoms with Gasteiger partial charge < -0.3 is 10.1 Å². The molecule has 0 fully saturated rings. The number of ether oxygens (including phenoxy) is 1. The number of benzene rings is 1. The van der Waals surface area contributed by atoms with Gasteiger partial charge in [-0.15, -0.1) is 0 Å². The summed E-state index contributed by atoms with van der Waals surface area (Å²) < 4.78 is 4.88. The third kappa shape index (κ3) is 5.39. The zero-order valence-corrected chi connectivity index (χ0v) is 11.5. The molecule has 0 heterocycles. The Balaban J connectivity index is 2.65. The number of nitro groups is 1. The third-order valence-electron chi connectivity index (χ3n) is 2.53. The minimum Gasteiger partial charge on any atom is -0.410 e. The van der Waals surface area contributed by atoms with E-state index in [0.29, 0.717) is 0 Å². The summed E-state index contributed by atoms with van der Waals surface area (Å²) >= 11 is 0. The predicted octanol–water partition coefficient (Wildman–Crippen LogP) is 1.62. The van der Waals surface area contributed by atoms with Crippen LogP contribution in [-0.2, 0) is 9.59 Å². The van der Waals surface area contributed by atoms with Gasteiger partial charge in [0.05, 0.1) is 11.0 Å². The van der Waals surface area contributed by atoms with Gasteiger partial charge in [0, 0.05) is 18.6 Å². The highest BCUT2D eigenvalue weighted by Crippen LogP contribution is 2.17. The van der Waals surface area contributed by atoms with Crippen LogP contribution in [0.3, 0.4) is 0 Å². The lowest BCUT2D eigenvalue weighted by Crippen LogP contribution is -2.42. The zero-order valence-electron chi connectivity index (χ0n) is 11.5. The summed E-state index contributed by atoms with van der Waals surface area (Å²) in [5.74, 6) is -0.528. The fourth-order valence-electron chi connectivity index (χ4n) is 1.50. The topological polar surface area (TPSA) is 116 Å². The van der Waals surface area contributed by atoms with Crippen molar-refractivity contribution in [2.24, 2.45) is 0 Å². The number of hydrogen-bond donors (Lipinski definition) is 1. The molecule has 8 heteroatoms. The van der Waals surface area contributed by atoms with Crippen LogP contribution in [0.15, 0.2) is 24.3 Å². The van der Waals surface area contributed by atoms with E-state index < -0.39 is 17.1 Å². The molecule has 1 amide bonds. The summed E-state index contributed by atoms with van der Waals surface area (Å²) in [6.07, 6.45) is -1.03. The molecule has 0 bridgehead atoms. The molecule has 112 valence electrons. The SMILES string of the molecule is CC(=O)CC(NC(=O)Oc1ccc([N+](=O)[O-])cc1)C(C)=O. The van der Waals surface area contributed by atoms with E-state index in [9.17, 15) is 24.5 Å². The molecule has 1 atom stereocenters.